The number of pyridine rings is 2. The van der Waals surface area contributed by atoms with Crippen molar-refractivity contribution in [1.82, 2.24) is 34.5 Å². The van der Waals surface area contributed by atoms with Gasteiger partial charge in [0.25, 0.3) is 5.91 Å². The zero-order valence-corrected chi connectivity index (χ0v) is 25.6. The van der Waals surface area contributed by atoms with Gasteiger partial charge in [0, 0.05) is 81.1 Å². The minimum atomic E-state index is -0.167. The molecule has 2 aliphatic rings. The smallest absolute Gasteiger partial charge is 0.253 e. The molecule has 0 saturated carbocycles. The van der Waals surface area contributed by atoms with E-state index in [-0.39, 0.29) is 11.8 Å². The molecule has 1 aliphatic carbocycles. The molecule has 1 N–H and O–H groups in total. The number of hydrogen-bond donors (Lipinski definition) is 1. The van der Waals surface area contributed by atoms with E-state index in [0.717, 1.165) is 65.6 Å². The summed E-state index contributed by atoms with van der Waals surface area (Å²) in [5.41, 5.74) is 7.04. The molecule has 5 heterocycles. The first kappa shape index (κ1) is 28.3. The molecule has 1 aromatic carbocycles. The van der Waals surface area contributed by atoms with Crippen LogP contribution in [-0.4, -0.2) is 72.5 Å². The van der Waals surface area contributed by atoms with E-state index < -0.39 is 0 Å². The van der Waals surface area contributed by atoms with Gasteiger partial charge in [-0.1, -0.05) is 22.9 Å². The number of carbonyl (C=O) groups is 2. The molecule has 1 saturated heterocycles. The first-order valence-electron chi connectivity index (χ1n) is 14.4. The maximum absolute atomic E-state index is 13.5. The van der Waals surface area contributed by atoms with Crippen LogP contribution in [0.15, 0.2) is 67.3 Å². The Morgan fingerprint density at radius 2 is 1.82 bits per heavy atom. The monoisotopic (exact) mass is 624 g/mol. The number of carbonyl (C=O) groups excluding carboxylic acids is 2. The van der Waals surface area contributed by atoms with Gasteiger partial charge in [0.15, 0.2) is 5.13 Å². The number of aromatic nitrogens is 5. The second-order valence-corrected chi connectivity index (χ2v) is 12.3. The van der Waals surface area contributed by atoms with Gasteiger partial charge in [0.2, 0.25) is 5.91 Å². The number of aryl methyl sites for hydroxylation is 1. The summed E-state index contributed by atoms with van der Waals surface area (Å²) in [6.07, 6.45) is 8.62. The van der Waals surface area contributed by atoms with Crippen molar-refractivity contribution < 1.29 is 9.59 Å². The first-order chi connectivity index (χ1) is 21.4. The van der Waals surface area contributed by atoms with Crippen molar-refractivity contribution in [3.05, 3.63) is 94.7 Å². The predicted molar refractivity (Wildman–Crippen MR) is 170 cm³/mol. The summed E-state index contributed by atoms with van der Waals surface area (Å²) < 4.78 is 1.85. The van der Waals surface area contributed by atoms with Crippen molar-refractivity contribution in [2.24, 2.45) is 0 Å². The van der Waals surface area contributed by atoms with Crippen molar-refractivity contribution in [3.63, 3.8) is 0 Å². The van der Waals surface area contributed by atoms with Crippen LogP contribution in [0.1, 0.15) is 34.1 Å². The summed E-state index contributed by atoms with van der Waals surface area (Å²) in [5, 5.41) is 8.85. The molecule has 4 aromatic heterocycles. The molecule has 0 bridgehead atoms. The highest BCUT2D eigenvalue weighted by Crippen LogP contribution is 2.44. The lowest BCUT2D eigenvalue weighted by Gasteiger charge is -2.34. The van der Waals surface area contributed by atoms with Gasteiger partial charge < -0.3 is 10.2 Å². The summed E-state index contributed by atoms with van der Waals surface area (Å²) in [7, 11) is 0. The second kappa shape index (κ2) is 11.9. The van der Waals surface area contributed by atoms with E-state index in [4.69, 9.17) is 21.7 Å². The predicted octanol–water partition coefficient (Wildman–Crippen LogP) is 5.12. The third-order valence-corrected chi connectivity index (χ3v) is 9.29. The topological polar surface area (TPSA) is 109 Å². The molecule has 1 fully saturated rings. The third-order valence-electron chi connectivity index (χ3n) is 7.96. The Labute approximate surface area is 263 Å². The summed E-state index contributed by atoms with van der Waals surface area (Å²) in [6.45, 7) is 5.21. The van der Waals surface area contributed by atoms with E-state index in [2.05, 4.69) is 20.2 Å². The number of nitrogens with zero attached hydrogens (tertiary/aromatic N) is 7. The fourth-order valence-corrected chi connectivity index (χ4v) is 7.21. The van der Waals surface area contributed by atoms with Crippen LogP contribution >= 0.6 is 22.9 Å². The third kappa shape index (κ3) is 5.49. The maximum Gasteiger partial charge on any atom is 0.253 e. The number of benzene rings is 1. The molecule has 1 aliphatic heterocycles. The average molecular weight is 625 g/mol. The molecule has 12 heteroatoms. The number of nitrogens with one attached hydrogen (secondary N) is 1. The highest BCUT2D eigenvalue weighted by atomic mass is 35.5. The van der Waals surface area contributed by atoms with Crippen LogP contribution in [0.3, 0.4) is 0 Å². The van der Waals surface area contributed by atoms with Crippen LogP contribution < -0.4 is 5.32 Å². The number of thiazole rings is 1. The summed E-state index contributed by atoms with van der Waals surface area (Å²) >= 11 is 8.36. The SMILES string of the molecule is CC(=O)Nc1nc2c(s1)-c1c(c(-c3cccnc3)nn1-c1ccc(C(=O)N3CCN(Cc4ccncc4)CC3)cc1Cl)CC2. The van der Waals surface area contributed by atoms with Crippen molar-refractivity contribution in [2.45, 2.75) is 26.3 Å². The number of hydrogen-bond acceptors (Lipinski definition) is 8. The highest BCUT2D eigenvalue weighted by Gasteiger charge is 2.31. The zero-order valence-electron chi connectivity index (χ0n) is 24.0. The van der Waals surface area contributed by atoms with Gasteiger partial charge >= 0.3 is 0 Å². The molecule has 0 atom stereocenters. The van der Waals surface area contributed by atoms with Crippen LogP contribution in [0.2, 0.25) is 5.02 Å². The van der Waals surface area contributed by atoms with Crippen molar-refractivity contribution >= 4 is 39.9 Å². The maximum atomic E-state index is 13.5. The summed E-state index contributed by atoms with van der Waals surface area (Å²) in [5.74, 6) is -0.204. The van der Waals surface area contributed by atoms with Crippen molar-refractivity contribution in [3.8, 4) is 27.5 Å². The van der Waals surface area contributed by atoms with Gasteiger partial charge in [0.05, 0.1) is 32.7 Å². The van der Waals surface area contributed by atoms with E-state index >= 15 is 0 Å². The van der Waals surface area contributed by atoms with Gasteiger partial charge in [0.1, 0.15) is 0 Å². The Morgan fingerprint density at radius 1 is 1.00 bits per heavy atom. The van der Waals surface area contributed by atoms with Crippen molar-refractivity contribution in [2.75, 3.05) is 31.5 Å². The summed E-state index contributed by atoms with van der Waals surface area (Å²) in [4.78, 5) is 43.5. The number of amides is 2. The molecule has 10 nitrogen and oxygen atoms in total. The van der Waals surface area contributed by atoms with Gasteiger partial charge in [-0.15, -0.1) is 0 Å². The van der Waals surface area contributed by atoms with Gasteiger partial charge in [-0.2, -0.15) is 5.10 Å². The fourth-order valence-electron chi connectivity index (χ4n) is 5.83. The number of rotatable bonds is 6. The van der Waals surface area contributed by atoms with E-state index in [1.54, 1.807) is 30.9 Å². The Bertz CT molecular complexity index is 1850. The summed E-state index contributed by atoms with van der Waals surface area (Å²) in [6, 6.07) is 13.3. The fraction of sp³-hybridized carbons (Fsp3) is 0.250. The van der Waals surface area contributed by atoms with Gasteiger partial charge in [-0.25, -0.2) is 9.67 Å². The number of anilines is 1. The lowest BCUT2D eigenvalue weighted by atomic mass is 9.95. The quantitative estimate of drug-likeness (QED) is 0.279. The van der Waals surface area contributed by atoms with Gasteiger partial charge in [-0.3, -0.25) is 24.5 Å². The zero-order chi connectivity index (χ0) is 30.2. The van der Waals surface area contributed by atoms with Crippen LogP contribution in [0.25, 0.3) is 27.5 Å². The molecule has 44 heavy (non-hydrogen) atoms. The van der Waals surface area contributed by atoms with E-state index in [1.165, 1.54) is 23.8 Å². The minimum absolute atomic E-state index is 0.0368. The molecule has 0 unspecified atom stereocenters. The van der Waals surface area contributed by atoms with E-state index in [0.29, 0.717) is 34.5 Å². The van der Waals surface area contributed by atoms with E-state index in [1.807, 2.05) is 46.0 Å². The highest BCUT2D eigenvalue weighted by molar-refractivity contribution is 7.19. The van der Waals surface area contributed by atoms with Gasteiger partial charge in [-0.05, 0) is 60.9 Å². The molecule has 0 radical (unpaired) electrons. The molecule has 222 valence electrons. The number of fused-ring (bicyclic) bond motifs is 3. The Hall–Kier alpha value is -4.45. The Balaban J connectivity index is 1.18. The standard InChI is InChI=1S/C32H29ClN8O2S/c1-20(42)36-32-37-26-6-5-24-28(23-3-2-10-35-18-23)38-41(29(24)30(26)44-32)27-7-4-22(17-25(27)33)31(43)40-15-13-39(14-16-40)19-21-8-11-34-12-9-21/h2-4,7-12,17-18H,5-6,13-16,19H2,1H3,(H,36,37,42). The molecule has 5 aromatic rings. The van der Waals surface area contributed by atoms with Crippen molar-refractivity contribution in [1.29, 1.82) is 0 Å². The molecule has 0 spiro atoms. The van der Waals surface area contributed by atoms with Crippen LogP contribution in [0.4, 0.5) is 5.13 Å². The normalized spacial score (nSPS) is 14.6. The molecule has 7 rings (SSSR count). The lowest BCUT2D eigenvalue weighted by Crippen LogP contribution is -2.48. The van der Waals surface area contributed by atoms with Crippen LogP contribution in [0.5, 0.6) is 0 Å². The minimum Gasteiger partial charge on any atom is -0.336 e. The molecule has 2 amide bonds. The number of halogens is 1. The average Bonchev–Trinajstić information content (AvgIpc) is 3.63. The Morgan fingerprint density at radius 3 is 2.55 bits per heavy atom. The number of piperazine rings is 1. The first-order valence-corrected chi connectivity index (χ1v) is 15.6. The van der Waals surface area contributed by atoms with Crippen LogP contribution in [0, 0.1) is 0 Å². The Kier molecular flexibility index (Phi) is 7.67. The van der Waals surface area contributed by atoms with Crippen LogP contribution in [-0.2, 0) is 24.2 Å². The largest absolute Gasteiger partial charge is 0.336 e. The second-order valence-electron chi connectivity index (χ2n) is 10.9. The lowest BCUT2D eigenvalue weighted by molar-refractivity contribution is -0.114. The molecular weight excluding hydrogens is 596 g/mol. The van der Waals surface area contributed by atoms with E-state index in [9.17, 15) is 9.59 Å². The molecular formula is C32H29ClN8O2S.